The van der Waals surface area contributed by atoms with Crippen LogP contribution in [0, 0.1) is 6.92 Å². The van der Waals surface area contributed by atoms with Gasteiger partial charge < -0.3 is 10.1 Å². The number of methoxy groups -OCH3 is 1. The topological polar surface area (TPSA) is 72.8 Å². The third kappa shape index (κ3) is 2.67. The van der Waals surface area contributed by atoms with Crippen molar-refractivity contribution in [2.45, 2.75) is 19.8 Å². The quantitative estimate of drug-likeness (QED) is 0.800. The average molecular weight is 319 g/mol. The van der Waals surface area contributed by atoms with Crippen molar-refractivity contribution in [1.29, 1.82) is 0 Å². The second-order valence-corrected chi connectivity index (χ2v) is 5.70. The summed E-state index contributed by atoms with van der Waals surface area (Å²) in [7, 11) is 1.65. The maximum Gasteiger partial charge on any atom is 0.227 e. The maximum atomic E-state index is 5.17. The molecule has 0 unspecified atom stereocenters. The predicted octanol–water partition coefficient (Wildman–Crippen LogP) is 3.09. The number of hydrogen-bond acceptors (Lipinski definition) is 6. The van der Waals surface area contributed by atoms with Crippen molar-refractivity contribution in [2.75, 3.05) is 12.4 Å². The first-order chi connectivity index (χ1) is 11.7. The summed E-state index contributed by atoms with van der Waals surface area (Å²) in [5.74, 6) is 2.17. The van der Waals surface area contributed by atoms with Gasteiger partial charge in [0, 0.05) is 23.6 Å². The van der Waals surface area contributed by atoms with Gasteiger partial charge >= 0.3 is 0 Å². The molecule has 0 spiro atoms. The van der Waals surface area contributed by atoms with E-state index in [1.807, 2.05) is 43.6 Å². The first-order valence-corrected chi connectivity index (χ1v) is 7.83. The average Bonchev–Trinajstić information content (AvgIpc) is 2.62. The van der Waals surface area contributed by atoms with Crippen molar-refractivity contribution >= 4 is 11.6 Å². The lowest BCUT2D eigenvalue weighted by molar-refractivity contribution is 0.415. The van der Waals surface area contributed by atoms with Crippen LogP contribution < -0.4 is 10.1 Å². The number of anilines is 2. The number of nitrogens with one attached hydrogen (secondary N) is 1. The van der Waals surface area contributed by atoms with Gasteiger partial charge in [0.25, 0.3) is 0 Å². The number of aryl methyl sites for hydroxylation is 3. The van der Waals surface area contributed by atoms with Gasteiger partial charge in [-0.15, -0.1) is 0 Å². The van der Waals surface area contributed by atoms with E-state index >= 15 is 0 Å². The highest BCUT2D eigenvalue weighted by Gasteiger charge is 2.20. The summed E-state index contributed by atoms with van der Waals surface area (Å²) in [4.78, 5) is 18.0. The molecule has 1 N–H and O–H groups in total. The molecule has 0 aliphatic heterocycles. The van der Waals surface area contributed by atoms with E-state index in [0.717, 1.165) is 52.6 Å². The Labute approximate surface area is 140 Å². The standard InChI is InChI=1S/C18H17N5O/c1-11-19-9-12-3-8-16-15(17(12)21-11)10-20-18(23-16)22-13-4-6-14(24-2)7-5-13/h4-7,9-10H,3,8H2,1-2H3,(H,20,22,23). The van der Waals surface area contributed by atoms with Crippen LogP contribution in [0.4, 0.5) is 11.6 Å². The fourth-order valence-electron chi connectivity index (χ4n) is 2.83. The van der Waals surface area contributed by atoms with Crippen molar-refractivity contribution in [3.8, 4) is 17.0 Å². The van der Waals surface area contributed by atoms with Crippen LogP contribution in [0.3, 0.4) is 0 Å². The molecule has 2 heterocycles. The molecule has 2 aromatic heterocycles. The molecule has 1 aliphatic carbocycles. The first-order valence-electron chi connectivity index (χ1n) is 7.83. The fraction of sp³-hybridized carbons (Fsp3) is 0.222. The van der Waals surface area contributed by atoms with Crippen molar-refractivity contribution in [1.82, 2.24) is 19.9 Å². The van der Waals surface area contributed by atoms with E-state index in [-0.39, 0.29) is 0 Å². The lowest BCUT2D eigenvalue weighted by atomic mass is 9.95. The largest absolute Gasteiger partial charge is 0.497 e. The summed E-state index contributed by atoms with van der Waals surface area (Å²) in [5, 5.41) is 3.23. The van der Waals surface area contributed by atoms with E-state index in [9.17, 15) is 0 Å². The molecule has 0 bridgehead atoms. The van der Waals surface area contributed by atoms with Gasteiger partial charge in [0.05, 0.1) is 18.5 Å². The van der Waals surface area contributed by atoms with Gasteiger partial charge in [0.2, 0.25) is 5.95 Å². The fourth-order valence-corrected chi connectivity index (χ4v) is 2.83. The lowest BCUT2D eigenvalue weighted by Crippen LogP contribution is -2.11. The molecule has 1 aliphatic rings. The first kappa shape index (κ1) is 14.6. The highest BCUT2D eigenvalue weighted by atomic mass is 16.5. The Morgan fingerprint density at radius 1 is 1.00 bits per heavy atom. The van der Waals surface area contributed by atoms with Gasteiger partial charge in [-0.25, -0.2) is 19.9 Å². The smallest absolute Gasteiger partial charge is 0.227 e. The molecular formula is C18H17N5O. The van der Waals surface area contributed by atoms with Crippen molar-refractivity contribution in [3.05, 3.63) is 53.7 Å². The van der Waals surface area contributed by atoms with Gasteiger partial charge in [-0.3, -0.25) is 0 Å². The second-order valence-electron chi connectivity index (χ2n) is 5.70. The van der Waals surface area contributed by atoms with Gasteiger partial charge in [0.1, 0.15) is 11.6 Å². The molecule has 0 saturated heterocycles. The Hall–Kier alpha value is -3.02. The van der Waals surface area contributed by atoms with Crippen LogP contribution in [-0.2, 0) is 12.8 Å². The van der Waals surface area contributed by atoms with E-state index in [1.54, 1.807) is 7.11 Å². The predicted molar refractivity (Wildman–Crippen MR) is 91.5 cm³/mol. The van der Waals surface area contributed by atoms with Crippen molar-refractivity contribution in [2.24, 2.45) is 0 Å². The zero-order chi connectivity index (χ0) is 16.5. The normalized spacial score (nSPS) is 12.2. The molecule has 4 rings (SSSR count). The Bertz CT molecular complexity index is 892. The third-order valence-corrected chi connectivity index (χ3v) is 4.09. The van der Waals surface area contributed by atoms with E-state index < -0.39 is 0 Å². The number of rotatable bonds is 3. The van der Waals surface area contributed by atoms with E-state index in [4.69, 9.17) is 4.74 Å². The van der Waals surface area contributed by atoms with E-state index in [2.05, 4.69) is 25.3 Å². The molecule has 3 aromatic rings. The summed E-state index contributed by atoms with van der Waals surface area (Å²) in [6, 6.07) is 7.68. The van der Waals surface area contributed by atoms with Gasteiger partial charge in [-0.2, -0.15) is 0 Å². The van der Waals surface area contributed by atoms with Crippen molar-refractivity contribution < 1.29 is 4.74 Å². The number of aromatic nitrogens is 4. The molecule has 0 fully saturated rings. The molecule has 0 atom stereocenters. The van der Waals surface area contributed by atoms with Crippen LogP contribution in [0.2, 0.25) is 0 Å². The van der Waals surface area contributed by atoms with Crippen LogP contribution in [0.15, 0.2) is 36.7 Å². The number of hydrogen-bond donors (Lipinski definition) is 1. The Morgan fingerprint density at radius 3 is 2.62 bits per heavy atom. The molecule has 120 valence electrons. The molecule has 1 aromatic carbocycles. The van der Waals surface area contributed by atoms with Gasteiger partial charge in [-0.1, -0.05) is 0 Å². The van der Waals surface area contributed by atoms with Crippen LogP contribution in [-0.4, -0.2) is 27.0 Å². The van der Waals surface area contributed by atoms with Crippen molar-refractivity contribution in [3.63, 3.8) is 0 Å². The molecule has 0 amide bonds. The molecule has 6 nitrogen and oxygen atoms in total. The minimum absolute atomic E-state index is 0.591. The molecular weight excluding hydrogens is 302 g/mol. The monoisotopic (exact) mass is 319 g/mol. The minimum Gasteiger partial charge on any atom is -0.497 e. The Balaban J connectivity index is 1.64. The molecule has 0 saturated carbocycles. The Morgan fingerprint density at radius 2 is 1.83 bits per heavy atom. The number of fused-ring (bicyclic) bond motifs is 3. The summed E-state index contributed by atoms with van der Waals surface area (Å²) < 4.78 is 5.17. The van der Waals surface area contributed by atoms with Crippen LogP contribution in [0.1, 0.15) is 17.1 Å². The van der Waals surface area contributed by atoms with Crippen LogP contribution in [0.5, 0.6) is 5.75 Å². The van der Waals surface area contributed by atoms with Crippen LogP contribution in [0.25, 0.3) is 11.3 Å². The van der Waals surface area contributed by atoms with Gasteiger partial charge in [-0.05, 0) is 49.6 Å². The highest BCUT2D eigenvalue weighted by Crippen LogP contribution is 2.31. The lowest BCUT2D eigenvalue weighted by Gasteiger charge is -2.18. The second kappa shape index (κ2) is 5.88. The van der Waals surface area contributed by atoms with E-state index in [1.165, 1.54) is 0 Å². The SMILES string of the molecule is COc1ccc(Nc2ncc3c(n2)CCc2cnc(C)nc2-3)cc1. The molecule has 24 heavy (non-hydrogen) atoms. The zero-order valence-corrected chi connectivity index (χ0v) is 13.6. The summed E-state index contributed by atoms with van der Waals surface area (Å²) >= 11 is 0. The number of nitrogens with zero attached hydrogens (tertiary/aromatic N) is 4. The Kier molecular flexibility index (Phi) is 3.57. The third-order valence-electron chi connectivity index (χ3n) is 4.09. The number of ether oxygens (including phenoxy) is 1. The zero-order valence-electron chi connectivity index (χ0n) is 13.6. The highest BCUT2D eigenvalue weighted by molar-refractivity contribution is 5.68. The summed E-state index contributed by atoms with van der Waals surface area (Å²) in [5.41, 5.74) is 5.06. The maximum absolute atomic E-state index is 5.17. The summed E-state index contributed by atoms with van der Waals surface area (Å²) in [6.45, 7) is 1.90. The minimum atomic E-state index is 0.591. The van der Waals surface area contributed by atoms with E-state index in [0.29, 0.717) is 5.95 Å². The number of benzene rings is 1. The summed E-state index contributed by atoms with van der Waals surface area (Å²) in [6.07, 6.45) is 5.53. The molecule has 6 heteroatoms. The van der Waals surface area contributed by atoms with Gasteiger partial charge in [0.15, 0.2) is 0 Å². The van der Waals surface area contributed by atoms with Crippen LogP contribution >= 0.6 is 0 Å². The molecule has 0 radical (unpaired) electrons.